The molecule has 0 spiro atoms. The Morgan fingerprint density at radius 3 is 2.04 bits per heavy atom. The van der Waals surface area contributed by atoms with Crippen molar-refractivity contribution in [2.75, 3.05) is 0 Å². The molecule has 0 aliphatic heterocycles. The second-order valence-corrected chi connectivity index (χ2v) is 6.55. The lowest BCUT2D eigenvalue weighted by molar-refractivity contribution is 0.813. The summed E-state index contributed by atoms with van der Waals surface area (Å²) in [5.41, 5.74) is 1.05. The van der Waals surface area contributed by atoms with E-state index in [-0.39, 0.29) is 16.4 Å². The van der Waals surface area contributed by atoms with E-state index in [1.165, 1.54) is 4.68 Å². The normalized spacial score (nSPS) is 11.0. The third kappa shape index (κ3) is 2.81. The van der Waals surface area contributed by atoms with Crippen LogP contribution < -0.4 is 11.0 Å². The molecule has 2 aromatic carbocycles. The maximum atomic E-state index is 13.0. The first-order valence-electron chi connectivity index (χ1n) is 7.75. The number of pyridine rings is 1. The van der Waals surface area contributed by atoms with E-state index in [9.17, 15) is 4.79 Å². The Morgan fingerprint density at radius 1 is 0.846 bits per heavy atom. The van der Waals surface area contributed by atoms with Gasteiger partial charge in [-0.1, -0.05) is 23.2 Å². The SMILES string of the molecule is N=c1c2c(=O)n(-c3ccc(Cl)cc3)ncc2ccn1-c1ccc(Cl)cc1. The van der Waals surface area contributed by atoms with Crippen molar-refractivity contribution < 1.29 is 0 Å². The van der Waals surface area contributed by atoms with Crippen LogP contribution in [0.3, 0.4) is 0 Å². The molecule has 2 aromatic heterocycles. The fraction of sp³-hybridized carbons (Fsp3) is 0. The van der Waals surface area contributed by atoms with Crippen LogP contribution >= 0.6 is 23.2 Å². The van der Waals surface area contributed by atoms with Crippen molar-refractivity contribution in [3.05, 3.63) is 92.9 Å². The van der Waals surface area contributed by atoms with Crippen LogP contribution in [0.15, 0.2) is 71.8 Å². The third-order valence-corrected chi connectivity index (χ3v) is 4.57. The summed E-state index contributed by atoms with van der Waals surface area (Å²) in [6.07, 6.45) is 3.32. The first kappa shape index (κ1) is 16.6. The Kier molecular flexibility index (Phi) is 4.11. The highest BCUT2D eigenvalue weighted by Crippen LogP contribution is 2.15. The van der Waals surface area contributed by atoms with Gasteiger partial charge < -0.3 is 4.57 Å². The summed E-state index contributed by atoms with van der Waals surface area (Å²) < 4.78 is 2.90. The van der Waals surface area contributed by atoms with Crippen molar-refractivity contribution in [3.8, 4) is 11.4 Å². The highest BCUT2D eigenvalue weighted by molar-refractivity contribution is 6.30. The van der Waals surface area contributed by atoms with Gasteiger partial charge in [0.25, 0.3) is 5.56 Å². The molecule has 128 valence electrons. The molecular weight excluding hydrogens is 371 g/mol. The molecule has 0 saturated heterocycles. The quantitative estimate of drug-likeness (QED) is 0.570. The number of nitrogens with zero attached hydrogens (tertiary/aromatic N) is 3. The molecule has 0 unspecified atom stereocenters. The summed E-state index contributed by atoms with van der Waals surface area (Å²) in [5.74, 6) is 0. The number of hydrogen-bond donors (Lipinski definition) is 1. The van der Waals surface area contributed by atoms with Crippen molar-refractivity contribution in [1.82, 2.24) is 14.3 Å². The third-order valence-electron chi connectivity index (χ3n) is 4.06. The molecule has 0 atom stereocenters. The predicted molar refractivity (Wildman–Crippen MR) is 103 cm³/mol. The van der Waals surface area contributed by atoms with Crippen LogP contribution in [0.2, 0.25) is 10.0 Å². The van der Waals surface area contributed by atoms with Gasteiger partial charge in [0.15, 0.2) is 0 Å². The highest BCUT2D eigenvalue weighted by atomic mass is 35.5. The molecule has 0 saturated carbocycles. The number of aromatic nitrogens is 3. The summed E-state index contributed by atoms with van der Waals surface area (Å²) in [7, 11) is 0. The molecule has 4 aromatic rings. The van der Waals surface area contributed by atoms with Crippen molar-refractivity contribution in [2.45, 2.75) is 0 Å². The molecule has 7 heteroatoms. The molecule has 0 radical (unpaired) electrons. The monoisotopic (exact) mass is 382 g/mol. The number of nitrogens with one attached hydrogen (secondary N) is 1. The molecule has 0 aliphatic carbocycles. The van der Waals surface area contributed by atoms with Gasteiger partial charge in [-0.15, -0.1) is 0 Å². The van der Waals surface area contributed by atoms with E-state index in [4.69, 9.17) is 28.6 Å². The smallest absolute Gasteiger partial charge is 0.283 e. The summed E-state index contributed by atoms with van der Waals surface area (Å²) in [6.45, 7) is 0. The molecule has 1 N–H and O–H groups in total. The van der Waals surface area contributed by atoms with Crippen LogP contribution in [0, 0.1) is 5.41 Å². The van der Waals surface area contributed by atoms with Gasteiger partial charge >= 0.3 is 0 Å². The van der Waals surface area contributed by atoms with E-state index in [0.29, 0.717) is 21.1 Å². The second-order valence-electron chi connectivity index (χ2n) is 5.68. The zero-order valence-corrected chi connectivity index (χ0v) is 14.9. The largest absolute Gasteiger partial charge is 0.302 e. The molecule has 5 nitrogen and oxygen atoms in total. The molecule has 0 aliphatic rings. The minimum atomic E-state index is -0.363. The standard InChI is InChI=1S/C19H12Cl2N4O/c20-13-1-5-15(6-2-13)24-10-9-12-11-23-25(19(26)17(12)18(24)22)16-7-3-14(21)4-8-16/h1-11,22H. The average Bonchev–Trinajstić information content (AvgIpc) is 2.64. The molecule has 4 rings (SSSR count). The van der Waals surface area contributed by atoms with Crippen LogP contribution in [-0.2, 0) is 0 Å². The Labute approximate surface area is 158 Å². The van der Waals surface area contributed by atoms with E-state index < -0.39 is 0 Å². The van der Waals surface area contributed by atoms with E-state index in [0.717, 1.165) is 5.69 Å². The second kappa shape index (κ2) is 6.44. The summed E-state index contributed by atoms with van der Waals surface area (Å²) in [5, 5.41) is 14.8. The van der Waals surface area contributed by atoms with Gasteiger partial charge in [-0.3, -0.25) is 10.2 Å². The molecular formula is C19H12Cl2N4O. The lowest BCUT2D eigenvalue weighted by Crippen LogP contribution is -2.29. The number of rotatable bonds is 2. The minimum absolute atomic E-state index is 0.0833. The Hall–Kier alpha value is -2.89. The lowest BCUT2D eigenvalue weighted by Gasteiger charge is -2.10. The van der Waals surface area contributed by atoms with Gasteiger partial charge in [-0.25, -0.2) is 0 Å². The first-order chi connectivity index (χ1) is 12.5. The molecule has 0 fully saturated rings. The van der Waals surface area contributed by atoms with Crippen molar-refractivity contribution in [1.29, 1.82) is 5.41 Å². The van der Waals surface area contributed by atoms with Crippen LogP contribution in [0.5, 0.6) is 0 Å². The maximum absolute atomic E-state index is 13.0. The number of hydrogen-bond acceptors (Lipinski definition) is 3. The zero-order valence-electron chi connectivity index (χ0n) is 13.4. The number of benzene rings is 2. The molecule has 26 heavy (non-hydrogen) atoms. The van der Waals surface area contributed by atoms with Gasteiger partial charge in [0.05, 0.1) is 17.3 Å². The number of halogens is 2. The van der Waals surface area contributed by atoms with Crippen LogP contribution in [0.4, 0.5) is 0 Å². The fourth-order valence-electron chi connectivity index (χ4n) is 2.76. The van der Waals surface area contributed by atoms with Crippen LogP contribution in [0.25, 0.3) is 22.1 Å². The van der Waals surface area contributed by atoms with Crippen LogP contribution in [0.1, 0.15) is 0 Å². The zero-order chi connectivity index (χ0) is 18.3. The topological polar surface area (TPSA) is 63.7 Å². The maximum Gasteiger partial charge on any atom is 0.283 e. The first-order valence-corrected chi connectivity index (χ1v) is 8.50. The molecule has 0 amide bonds. The highest BCUT2D eigenvalue weighted by Gasteiger charge is 2.10. The molecule has 0 bridgehead atoms. The number of fused-ring (bicyclic) bond motifs is 1. The predicted octanol–water partition coefficient (Wildman–Crippen LogP) is 3.96. The minimum Gasteiger partial charge on any atom is -0.302 e. The van der Waals surface area contributed by atoms with E-state index in [2.05, 4.69) is 5.10 Å². The van der Waals surface area contributed by atoms with Crippen molar-refractivity contribution >= 4 is 34.0 Å². The summed E-state index contributed by atoms with van der Waals surface area (Å²) in [4.78, 5) is 13.0. The summed E-state index contributed by atoms with van der Waals surface area (Å²) in [6, 6.07) is 15.6. The van der Waals surface area contributed by atoms with Gasteiger partial charge in [0.1, 0.15) is 5.49 Å². The average molecular weight is 383 g/mol. The van der Waals surface area contributed by atoms with Gasteiger partial charge in [-0.2, -0.15) is 9.78 Å². The molecule has 2 heterocycles. The fourth-order valence-corrected chi connectivity index (χ4v) is 3.02. The van der Waals surface area contributed by atoms with E-state index in [1.54, 1.807) is 71.6 Å². The van der Waals surface area contributed by atoms with Gasteiger partial charge in [-0.05, 0) is 54.6 Å². The summed E-state index contributed by atoms with van der Waals surface area (Å²) >= 11 is 11.8. The Bertz CT molecular complexity index is 1130. The van der Waals surface area contributed by atoms with Gasteiger partial charge in [0.2, 0.25) is 0 Å². The Morgan fingerprint density at radius 2 is 1.42 bits per heavy atom. The van der Waals surface area contributed by atoms with Crippen LogP contribution in [-0.4, -0.2) is 14.3 Å². The van der Waals surface area contributed by atoms with E-state index >= 15 is 0 Å². The van der Waals surface area contributed by atoms with Gasteiger partial charge in [0, 0.05) is 27.3 Å². The van der Waals surface area contributed by atoms with E-state index in [1.807, 2.05) is 0 Å². The lowest BCUT2D eigenvalue weighted by atomic mass is 10.2. The van der Waals surface area contributed by atoms with Crippen molar-refractivity contribution in [2.24, 2.45) is 0 Å². The van der Waals surface area contributed by atoms with Crippen molar-refractivity contribution in [3.63, 3.8) is 0 Å². The Balaban J connectivity index is 1.97.